The van der Waals surface area contributed by atoms with Gasteiger partial charge in [0.25, 0.3) is 0 Å². The Morgan fingerprint density at radius 1 is 0.863 bits per heavy atom. The van der Waals surface area contributed by atoms with Crippen LogP contribution in [-0.4, -0.2) is 59.8 Å². The molecule has 2 aliphatic heterocycles. The molecule has 51 heavy (non-hydrogen) atoms. The van der Waals surface area contributed by atoms with Crippen LogP contribution in [0.4, 0.5) is 28.4 Å². The standard InChI is InChI=1S/C36H33N5O10/c1-36-23(33(44)39(35(36)46)18-9-6-5-7-10-18)17-22-20(30(36)29-26(42)11-8-12-27(29)51-4)13-14-21-28(22)34(45)38(32(21)43)19-15-24(40(47)48)31(37(2)3)25(16-19)41(49)50/h5-13,15-16,21-23,28,30,42H,14,17H2,1-4H3. The van der Waals surface area contributed by atoms with E-state index in [-0.39, 0.29) is 41.3 Å². The summed E-state index contributed by atoms with van der Waals surface area (Å²) in [5, 5.41) is 35.6. The summed E-state index contributed by atoms with van der Waals surface area (Å²) in [5.74, 6) is -7.07. The van der Waals surface area contributed by atoms with E-state index in [2.05, 4.69) is 0 Å². The van der Waals surface area contributed by atoms with E-state index < -0.39 is 79.9 Å². The summed E-state index contributed by atoms with van der Waals surface area (Å²) >= 11 is 0. The molecule has 262 valence electrons. The molecule has 2 aliphatic carbocycles. The third kappa shape index (κ3) is 4.63. The third-order valence-corrected chi connectivity index (χ3v) is 11.0. The highest BCUT2D eigenvalue weighted by Gasteiger charge is 2.68. The van der Waals surface area contributed by atoms with E-state index in [4.69, 9.17) is 4.74 Å². The number of hydrogen-bond donors (Lipinski definition) is 1. The summed E-state index contributed by atoms with van der Waals surface area (Å²) in [4.78, 5) is 83.3. The number of allylic oxidation sites excluding steroid dienone is 2. The van der Waals surface area contributed by atoms with Crippen LogP contribution in [-0.2, 0) is 19.2 Å². The quantitative estimate of drug-likeness (QED) is 0.156. The lowest BCUT2D eigenvalue weighted by Gasteiger charge is -2.49. The SMILES string of the molecule is COc1cccc(O)c1C1C2=CCC3C(=O)N(c4cc([N+](=O)[O-])c(N(C)C)c([N+](=O)[O-])c4)C(=O)C3C2CC2C(=O)N(c3ccccc3)C(=O)C21C. The summed E-state index contributed by atoms with van der Waals surface area (Å²) < 4.78 is 5.67. The Kier molecular flexibility index (Phi) is 7.69. The molecule has 0 aromatic heterocycles. The second kappa shape index (κ2) is 11.7. The van der Waals surface area contributed by atoms with Crippen LogP contribution in [0.5, 0.6) is 11.5 Å². The number of carbonyl (C=O) groups is 4. The number of anilines is 3. The van der Waals surface area contributed by atoms with E-state index >= 15 is 0 Å². The lowest BCUT2D eigenvalue weighted by atomic mass is 9.51. The van der Waals surface area contributed by atoms with Crippen molar-refractivity contribution in [1.82, 2.24) is 0 Å². The fourth-order valence-corrected chi connectivity index (χ4v) is 8.86. The molecule has 0 radical (unpaired) electrons. The minimum atomic E-state index is -1.44. The molecular weight excluding hydrogens is 662 g/mol. The van der Waals surface area contributed by atoms with Gasteiger partial charge in [-0.15, -0.1) is 0 Å². The molecule has 7 rings (SSSR count). The molecule has 1 saturated carbocycles. The highest BCUT2D eigenvalue weighted by Crippen LogP contribution is 2.65. The predicted octanol–water partition coefficient (Wildman–Crippen LogP) is 4.72. The van der Waals surface area contributed by atoms with Gasteiger partial charge in [-0.3, -0.25) is 39.4 Å². The van der Waals surface area contributed by atoms with Gasteiger partial charge in [0, 0.05) is 37.7 Å². The number of methoxy groups -OCH3 is 1. The number of imide groups is 2. The van der Waals surface area contributed by atoms with Crippen molar-refractivity contribution < 1.29 is 38.9 Å². The van der Waals surface area contributed by atoms with Crippen LogP contribution in [0.25, 0.3) is 0 Å². The van der Waals surface area contributed by atoms with Crippen molar-refractivity contribution in [2.45, 2.75) is 25.7 Å². The molecule has 4 amide bonds. The van der Waals surface area contributed by atoms with E-state index in [1.54, 1.807) is 55.5 Å². The lowest BCUT2D eigenvalue weighted by molar-refractivity contribution is -0.392. The number of hydrogen-bond acceptors (Lipinski definition) is 11. The topological polar surface area (TPSA) is 194 Å². The lowest BCUT2D eigenvalue weighted by Crippen LogP contribution is -2.49. The van der Waals surface area contributed by atoms with E-state index in [9.17, 15) is 44.5 Å². The first kappa shape index (κ1) is 33.4. The van der Waals surface area contributed by atoms with Crippen LogP contribution in [0.1, 0.15) is 31.2 Å². The Labute approximate surface area is 291 Å². The number of carbonyl (C=O) groups excluding carboxylic acids is 4. The Hall–Kier alpha value is -6.12. The van der Waals surface area contributed by atoms with Gasteiger partial charge in [-0.1, -0.05) is 35.9 Å². The number of phenolic OH excluding ortho intramolecular Hbond substituents is 1. The largest absolute Gasteiger partial charge is 0.508 e. The van der Waals surface area contributed by atoms with Crippen molar-refractivity contribution in [2.24, 2.45) is 29.1 Å². The summed E-state index contributed by atoms with van der Waals surface area (Å²) in [6.45, 7) is 1.68. The Balaban J connectivity index is 1.39. The molecule has 2 heterocycles. The number of benzene rings is 3. The van der Waals surface area contributed by atoms with Gasteiger partial charge in [0.2, 0.25) is 23.6 Å². The number of fused-ring (bicyclic) bond motifs is 4. The summed E-state index contributed by atoms with van der Waals surface area (Å²) in [5.41, 5.74) is -2.17. The van der Waals surface area contributed by atoms with Crippen LogP contribution >= 0.6 is 0 Å². The fraction of sp³-hybridized carbons (Fsp3) is 0.333. The van der Waals surface area contributed by atoms with Crippen molar-refractivity contribution in [2.75, 3.05) is 35.9 Å². The maximum atomic E-state index is 14.6. The summed E-state index contributed by atoms with van der Waals surface area (Å²) in [6.07, 6.45) is 1.83. The average molecular weight is 696 g/mol. The Morgan fingerprint density at radius 3 is 2.10 bits per heavy atom. The van der Waals surface area contributed by atoms with Crippen LogP contribution in [0.15, 0.2) is 72.3 Å². The molecule has 4 aliphatic rings. The van der Waals surface area contributed by atoms with Crippen molar-refractivity contribution >= 4 is 52.1 Å². The third-order valence-electron chi connectivity index (χ3n) is 11.0. The maximum absolute atomic E-state index is 14.6. The number of nitrogens with zero attached hydrogens (tertiary/aromatic N) is 5. The van der Waals surface area contributed by atoms with Gasteiger partial charge in [0.1, 0.15) is 11.5 Å². The van der Waals surface area contributed by atoms with Gasteiger partial charge in [-0.05, 0) is 49.9 Å². The number of amides is 4. The summed E-state index contributed by atoms with van der Waals surface area (Å²) in [7, 11) is 4.23. The summed E-state index contributed by atoms with van der Waals surface area (Å²) in [6, 6.07) is 15.1. The number of rotatable bonds is 7. The molecular formula is C36H33N5O10. The van der Waals surface area contributed by atoms with Gasteiger partial charge in [-0.25, -0.2) is 9.80 Å². The number of para-hydroxylation sites is 1. The minimum absolute atomic E-state index is 0.0105. The van der Waals surface area contributed by atoms with Gasteiger partial charge >= 0.3 is 11.4 Å². The molecule has 2 saturated heterocycles. The maximum Gasteiger partial charge on any atom is 0.301 e. The highest BCUT2D eigenvalue weighted by atomic mass is 16.6. The second-order valence-electron chi connectivity index (χ2n) is 13.6. The molecule has 3 fully saturated rings. The van der Waals surface area contributed by atoms with Crippen molar-refractivity contribution in [1.29, 1.82) is 0 Å². The molecule has 3 aromatic carbocycles. The van der Waals surface area contributed by atoms with Crippen molar-refractivity contribution in [3.63, 3.8) is 0 Å². The number of nitro benzene ring substituents is 2. The zero-order valence-electron chi connectivity index (χ0n) is 28.0. The van der Waals surface area contributed by atoms with E-state index in [0.717, 1.165) is 21.9 Å². The van der Waals surface area contributed by atoms with Crippen LogP contribution < -0.4 is 19.4 Å². The molecule has 1 N–H and O–H groups in total. The molecule has 15 nitrogen and oxygen atoms in total. The highest BCUT2D eigenvalue weighted by molar-refractivity contribution is 6.25. The predicted molar refractivity (Wildman–Crippen MR) is 182 cm³/mol. The first-order chi connectivity index (χ1) is 24.2. The smallest absolute Gasteiger partial charge is 0.301 e. The van der Waals surface area contributed by atoms with Gasteiger partial charge < -0.3 is 14.7 Å². The fourth-order valence-electron chi connectivity index (χ4n) is 8.86. The number of phenols is 1. The number of aromatic hydroxyl groups is 1. The van der Waals surface area contributed by atoms with Gasteiger partial charge in [-0.2, -0.15) is 0 Å². The first-order valence-corrected chi connectivity index (χ1v) is 16.2. The van der Waals surface area contributed by atoms with Crippen molar-refractivity contribution in [3.8, 4) is 11.5 Å². The van der Waals surface area contributed by atoms with Crippen LogP contribution in [0.3, 0.4) is 0 Å². The van der Waals surface area contributed by atoms with Gasteiger partial charge in [0.15, 0.2) is 5.69 Å². The van der Waals surface area contributed by atoms with Crippen molar-refractivity contribution in [3.05, 3.63) is 98.1 Å². The normalized spacial score (nSPS) is 26.7. The molecule has 0 spiro atoms. The molecule has 15 heteroatoms. The Morgan fingerprint density at radius 2 is 1.51 bits per heavy atom. The van der Waals surface area contributed by atoms with E-state index in [1.807, 2.05) is 0 Å². The van der Waals surface area contributed by atoms with Gasteiger partial charge in [0.05, 0.1) is 51.5 Å². The van der Waals surface area contributed by atoms with Crippen LogP contribution in [0, 0.1) is 49.3 Å². The number of nitro groups is 2. The van der Waals surface area contributed by atoms with Crippen LogP contribution in [0.2, 0.25) is 0 Å². The first-order valence-electron chi connectivity index (χ1n) is 16.2. The zero-order chi connectivity index (χ0) is 36.7. The second-order valence-corrected chi connectivity index (χ2v) is 13.6. The monoisotopic (exact) mass is 695 g/mol. The minimum Gasteiger partial charge on any atom is -0.508 e. The molecule has 6 atom stereocenters. The van der Waals surface area contributed by atoms with E-state index in [0.29, 0.717) is 11.3 Å². The zero-order valence-corrected chi connectivity index (χ0v) is 28.0. The average Bonchev–Trinajstić information content (AvgIpc) is 3.47. The molecule has 0 bridgehead atoms. The van der Waals surface area contributed by atoms with E-state index in [1.165, 1.54) is 32.2 Å². The molecule has 3 aromatic rings. The Bertz CT molecular complexity index is 2060. The molecule has 6 unspecified atom stereocenters. The number of ether oxygens (including phenoxy) is 1.